The Labute approximate surface area is 156 Å². The number of aromatic nitrogens is 3. The van der Waals surface area contributed by atoms with E-state index in [1.54, 1.807) is 6.07 Å². The van der Waals surface area contributed by atoms with E-state index in [1.165, 1.54) is 12.8 Å². The van der Waals surface area contributed by atoms with Gasteiger partial charge in [0.25, 0.3) is 0 Å². The van der Waals surface area contributed by atoms with Crippen LogP contribution in [0.4, 0.5) is 5.95 Å². The molecule has 0 saturated heterocycles. The fourth-order valence-electron chi connectivity index (χ4n) is 5.17. The summed E-state index contributed by atoms with van der Waals surface area (Å²) >= 11 is 6.06. The molecule has 2 aromatic heterocycles. The standard InChI is InChI=1S/C19H21ClN4O2/c20-13-5-4-11-18(22-13)24(9-2-1-3-9)19(21-11)23-14(25)6-7-26-12-8-10-15-16(10)17(12)15/h4-5,9-10,12,15-17H,1-3,6-8H2,(H,21,23,25)/t10?,12-,15-,16?,17?/m1/s1. The molecule has 5 aliphatic carbocycles. The van der Waals surface area contributed by atoms with Crippen LogP contribution in [0.5, 0.6) is 0 Å². The van der Waals surface area contributed by atoms with Crippen molar-refractivity contribution in [3.8, 4) is 0 Å². The first kappa shape index (κ1) is 15.4. The van der Waals surface area contributed by atoms with Crippen molar-refractivity contribution >= 4 is 34.6 Å². The van der Waals surface area contributed by atoms with Crippen LogP contribution >= 0.6 is 11.6 Å². The number of carbonyl (C=O) groups excluding carboxylic acids is 1. The van der Waals surface area contributed by atoms with Crippen molar-refractivity contribution in [2.75, 3.05) is 11.9 Å². The van der Waals surface area contributed by atoms with Gasteiger partial charge in [0.15, 0.2) is 5.65 Å². The molecule has 0 radical (unpaired) electrons. The second kappa shape index (κ2) is 5.42. The molecule has 1 N–H and O–H groups in total. The first-order valence-electron chi connectivity index (χ1n) is 9.66. The van der Waals surface area contributed by atoms with Crippen LogP contribution in [0.2, 0.25) is 5.15 Å². The van der Waals surface area contributed by atoms with Gasteiger partial charge in [0.2, 0.25) is 11.9 Å². The lowest BCUT2D eigenvalue weighted by molar-refractivity contribution is -0.117. The number of rotatable bonds is 6. The van der Waals surface area contributed by atoms with Gasteiger partial charge in [-0.1, -0.05) is 11.6 Å². The third-order valence-electron chi connectivity index (χ3n) is 6.83. The van der Waals surface area contributed by atoms with Gasteiger partial charge >= 0.3 is 0 Å². The van der Waals surface area contributed by atoms with Crippen molar-refractivity contribution in [1.82, 2.24) is 14.5 Å². The van der Waals surface area contributed by atoms with E-state index in [2.05, 4.69) is 15.3 Å². The quantitative estimate of drug-likeness (QED) is 0.789. The molecule has 0 spiro atoms. The van der Waals surface area contributed by atoms with Gasteiger partial charge < -0.3 is 4.74 Å². The van der Waals surface area contributed by atoms with E-state index in [-0.39, 0.29) is 5.91 Å². The number of anilines is 1. The van der Waals surface area contributed by atoms with Crippen LogP contribution in [0.25, 0.3) is 11.2 Å². The molecule has 5 aliphatic rings. The van der Waals surface area contributed by atoms with E-state index in [4.69, 9.17) is 16.3 Å². The van der Waals surface area contributed by atoms with Crippen molar-refractivity contribution in [2.45, 2.75) is 44.2 Å². The Morgan fingerprint density at radius 3 is 2.81 bits per heavy atom. The molecule has 7 heteroatoms. The number of nitrogens with one attached hydrogen (secondary N) is 1. The molecule has 7 rings (SSSR count). The lowest BCUT2D eigenvalue weighted by Crippen LogP contribution is -2.23. The number of hydrogen-bond donors (Lipinski definition) is 1. The van der Waals surface area contributed by atoms with Crippen molar-refractivity contribution in [1.29, 1.82) is 0 Å². The monoisotopic (exact) mass is 372 g/mol. The van der Waals surface area contributed by atoms with Gasteiger partial charge in [-0.3, -0.25) is 14.7 Å². The van der Waals surface area contributed by atoms with Crippen molar-refractivity contribution in [2.24, 2.45) is 23.7 Å². The average Bonchev–Trinajstić information content (AvgIpc) is 3.32. The summed E-state index contributed by atoms with van der Waals surface area (Å²) in [7, 11) is 0. The second-order valence-electron chi connectivity index (χ2n) is 8.21. The minimum absolute atomic E-state index is 0.0512. The first-order chi connectivity index (χ1) is 12.7. The summed E-state index contributed by atoms with van der Waals surface area (Å²) in [5.41, 5.74) is 1.52. The van der Waals surface area contributed by atoms with Crippen LogP contribution in [0.1, 0.15) is 38.1 Å². The highest BCUT2D eigenvalue weighted by atomic mass is 35.5. The van der Waals surface area contributed by atoms with Gasteiger partial charge in [-0.2, -0.15) is 0 Å². The highest BCUT2D eigenvalue weighted by Gasteiger charge is 2.80. The number of halogens is 1. The molecule has 5 atom stereocenters. The van der Waals surface area contributed by atoms with Gasteiger partial charge in [0.1, 0.15) is 10.7 Å². The first-order valence-corrected chi connectivity index (χ1v) is 10.0. The lowest BCUT2D eigenvalue weighted by Gasteiger charge is -2.28. The van der Waals surface area contributed by atoms with E-state index in [0.717, 1.165) is 47.7 Å². The van der Waals surface area contributed by atoms with Gasteiger partial charge in [-0.05, 0) is 61.5 Å². The van der Waals surface area contributed by atoms with Gasteiger partial charge in [-0.15, -0.1) is 0 Å². The minimum Gasteiger partial charge on any atom is -0.377 e. The summed E-state index contributed by atoms with van der Waals surface area (Å²) in [4.78, 5) is 21.4. The number of ether oxygens (including phenoxy) is 1. The third kappa shape index (κ3) is 2.24. The number of nitrogens with zero attached hydrogens (tertiary/aromatic N) is 3. The van der Waals surface area contributed by atoms with Gasteiger partial charge in [0.05, 0.1) is 19.1 Å². The predicted octanol–water partition coefficient (Wildman–Crippen LogP) is 3.42. The summed E-state index contributed by atoms with van der Waals surface area (Å²) in [6.45, 7) is 0.493. The molecule has 3 unspecified atom stereocenters. The smallest absolute Gasteiger partial charge is 0.229 e. The largest absolute Gasteiger partial charge is 0.377 e. The normalized spacial score (nSPS) is 33.8. The summed E-state index contributed by atoms with van der Waals surface area (Å²) in [5, 5.41) is 3.42. The number of fused-ring (bicyclic) bond motifs is 2. The summed E-state index contributed by atoms with van der Waals surface area (Å²) in [5.74, 6) is 4.27. The van der Waals surface area contributed by atoms with E-state index in [9.17, 15) is 4.79 Å². The maximum absolute atomic E-state index is 12.4. The van der Waals surface area contributed by atoms with Crippen molar-refractivity contribution in [3.63, 3.8) is 0 Å². The maximum atomic E-state index is 12.4. The summed E-state index contributed by atoms with van der Waals surface area (Å²) in [6.07, 6.45) is 5.35. The maximum Gasteiger partial charge on any atom is 0.229 e. The van der Waals surface area contributed by atoms with E-state index in [0.29, 0.717) is 36.3 Å². The molecule has 2 bridgehead atoms. The zero-order valence-corrected chi connectivity index (χ0v) is 15.2. The van der Waals surface area contributed by atoms with Crippen LogP contribution in [-0.4, -0.2) is 33.2 Å². The summed E-state index contributed by atoms with van der Waals surface area (Å²) in [6, 6.07) is 3.93. The molecule has 5 fully saturated rings. The van der Waals surface area contributed by atoms with Gasteiger partial charge in [-0.25, -0.2) is 9.97 Å². The highest BCUT2D eigenvalue weighted by Crippen LogP contribution is 2.82. The molecular formula is C19H21ClN4O2. The zero-order chi connectivity index (χ0) is 17.4. The SMILES string of the molecule is O=C(CCO[C@@H]1CC2C3C1[C@H]23)Nc1nc2ccc(Cl)nc2n1C1CCC1. The number of hydrogen-bond acceptors (Lipinski definition) is 4. The summed E-state index contributed by atoms with van der Waals surface area (Å²) < 4.78 is 7.99. The molecule has 26 heavy (non-hydrogen) atoms. The predicted molar refractivity (Wildman–Crippen MR) is 97.0 cm³/mol. The van der Waals surface area contributed by atoms with Gasteiger partial charge in [0, 0.05) is 6.04 Å². The Kier molecular flexibility index (Phi) is 3.21. The number of imidazole rings is 1. The van der Waals surface area contributed by atoms with Crippen molar-refractivity contribution in [3.05, 3.63) is 17.3 Å². The molecule has 2 heterocycles. The van der Waals surface area contributed by atoms with Crippen LogP contribution < -0.4 is 5.32 Å². The van der Waals surface area contributed by atoms with Crippen LogP contribution in [-0.2, 0) is 9.53 Å². The molecule has 0 aromatic carbocycles. The van der Waals surface area contributed by atoms with Crippen LogP contribution in [0.3, 0.4) is 0 Å². The fourth-order valence-corrected chi connectivity index (χ4v) is 5.32. The van der Waals surface area contributed by atoms with E-state index in [1.807, 2.05) is 10.6 Å². The number of pyridine rings is 1. The minimum atomic E-state index is -0.0512. The molecule has 2 aromatic rings. The molecule has 0 aliphatic heterocycles. The molecule has 5 saturated carbocycles. The lowest BCUT2D eigenvalue weighted by atomic mass is 9.93. The Hall–Kier alpha value is -1.66. The second-order valence-corrected chi connectivity index (χ2v) is 8.59. The zero-order valence-electron chi connectivity index (χ0n) is 14.4. The average molecular weight is 373 g/mol. The number of carbonyl (C=O) groups is 1. The highest BCUT2D eigenvalue weighted by molar-refractivity contribution is 6.29. The topological polar surface area (TPSA) is 69.0 Å². The Balaban J connectivity index is 1.14. The molecule has 136 valence electrons. The van der Waals surface area contributed by atoms with E-state index >= 15 is 0 Å². The van der Waals surface area contributed by atoms with E-state index < -0.39 is 0 Å². The van der Waals surface area contributed by atoms with Crippen LogP contribution in [0, 0.1) is 23.7 Å². The van der Waals surface area contributed by atoms with Crippen molar-refractivity contribution < 1.29 is 9.53 Å². The third-order valence-corrected chi connectivity index (χ3v) is 7.04. The Morgan fingerprint density at radius 2 is 2.12 bits per heavy atom. The molecular weight excluding hydrogens is 352 g/mol. The molecule has 6 nitrogen and oxygen atoms in total. The molecule has 1 amide bonds. The number of amides is 1. The fraction of sp³-hybridized carbons (Fsp3) is 0.632. The Morgan fingerprint density at radius 1 is 1.27 bits per heavy atom. The van der Waals surface area contributed by atoms with Crippen LogP contribution in [0.15, 0.2) is 12.1 Å². The Bertz CT molecular complexity index is 892.